The van der Waals surface area contributed by atoms with Crippen molar-refractivity contribution in [3.63, 3.8) is 0 Å². The molecule has 0 spiro atoms. The van der Waals surface area contributed by atoms with E-state index in [1.165, 1.54) is 25.7 Å². The molecule has 3 nitrogen and oxygen atoms in total. The molecule has 17 heavy (non-hydrogen) atoms. The van der Waals surface area contributed by atoms with Crippen molar-refractivity contribution in [3.8, 4) is 5.88 Å². The van der Waals surface area contributed by atoms with Gasteiger partial charge in [0, 0.05) is 12.5 Å². The van der Waals surface area contributed by atoms with Crippen molar-refractivity contribution in [2.24, 2.45) is 5.92 Å². The van der Waals surface area contributed by atoms with Crippen LogP contribution in [0.2, 0.25) is 0 Å². The van der Waals surface area contributed by atoms with Gasteiger partial charge in [0.2, 0.25) is 5.88 Å². The smallest absolute Gasteiger partial charge is 0.217 e. The number of aryl methyl sites for hydroxylation is 1. The number of hydrogen-bond acceptors (Lipinski definition) is 3. The molecule has 0 aliphatic heterocycles. The molecule has 0 aromatic carbocycles. The minimum atomic E-state index is 0.710. The largest absolute Gasteiger partial charge is 0.477 e. The number of ether oxygens (including phenoxy) is 1. The Morgan fingerprint density at radius 3 is 2.82 bits per heavy atom. The van der Waals surface area contributed by atoms with Crippen LogP contribution >= 0.6 is 15.9 Å². The summed E-state index contributed by atoms with van der Waals surface area (Å²) in [5, 5.41) is 0. The quantitative estimate of drug-likeness (QED) is 0.776. The molecule has 1 saturated carbocycles. The Bertz CT molecular complexity index is 364. The van der Waals surface area contributed by atoms with Gasteiger partial charge in [-0.15, -0.1) is 0 Å². The van der Waals surface area contributed by atoms with Gasteiger partial charge in [-0.05, 0) is 41.1 Å². The molecule has 0 saturated heterocycles. The molecule has 0 radical (unpaired) electrons. The normalized spacial score (nSPS) is 16.4. The molecule has 1 aromatic heterocycles. The van der Waals surface area contributed by atoms with E-state index >= 15 is 0 Å². The molecule has 1 aliphatic carbocycles. The fraction of sp³-hybridized carbons (Fsp3) is 0.692. The molecule has 1 aliphatic rings. The molecule has 2 rings (SSSR count). The maximum absolute atomic E-state index is 5.78. The summed E-state index contributed by atoms with van der Waals surface area (Å²) in [5.74, 6) is 2.30. The Morgan fingerprint density at radius 2 is 2.12 bits per heavy atom. The minimum Gasteiger partial charge on any atom is -0.477 e. The van der Waals surface area contributed by atoms with Gasteiger partial charge < -0.3 is 4.74 Å². The van der Waals surface area contributed by atoms with Crippen LogP contribution in [-0.4, -0.2) is 16.6 Å². The highest BCUT2D eigenvalue weighted by molar-refractivity contribution is 9.10. The third kappa shape index (κ3) is 3.95. The predicted octanol–water partition coefficient (Wildman–Crippen LogP) is 3.76. The molecular weight excluding hydrogens is 280 g/mol. The zero-order chi connectivity index (χ0) is 12.1. The topological polar surface area (TPSA) is 35.0 Å². The Hall–Kier alpha value is -0.640. The fourth-order valence-corrected chi connectivity index (χ4v) is 2.63. The van der Waals surface area contributed by atoms with Crippen molar-refractivity contribution >= 4 is 15.9 Å². The van der Waals surface area contributed by atoms with E-state index in [9.17, 15) is 0 Å². The molecular formula is C13H19BrN2O. The van der Waals surface area contributed by atoms with E-state index in [-0.39, 0.29) is 0 Å². The Morgan fingerprint density at radius 1 is 1.35 bits per heavy atom. The average Bonchev–Trinajstić information content (AvgIpc) is 2.79. The zero-order valence-corrected chi connectivity index (χ0v) is 11.9. The first kappa shape index (κ1) is 12.8. The van der Waals surface area contributed by atoms with E-state index in [2.05, 4.69) is 32.8 Å². The van der Waals surface area contributed by atoms with Crippen LogP contribution in [0.15, 0.2) is 10.7 Å². The van der Waals surface area contributed by atoms with Crippen LogP contribution in [-0.2, 0) is 6.42 Å². The minimum absolute atomic E-state index is 0.710. The molecule has 1 fully saturated rings. The second-order valence-corrected chi connectivity index (χ2v) is 5.47. The van der Waals surface area contributed by atoms with Crippen LogP contribution in [0.3, 0.4) is 0 Å². The van der Waals surface area contributed by atoms with Crippen molar-refractivity contribution in [1.82, 2.24) is 9.97 Å². The van der Waals surface area contributed by atoms with Crippen LogP contribution < -0.4 is 4.74 Å². The third-order valence-electron chi connectivity index (χ3n) is 3.13. The standard InChI is InChI=1S/C13H19BrN2O/c1-2-5-12-15-11(14)8-13(16-12)17-9-10-6-3-4-7-10/h8,10H,2-7,9H2,1H3. The third-order valence-corrected chi connectivity index (χ3v) is 3.54. The second-order valence-electron chi connectivity index (χ2n) is 4.66. The maximum Gasteiger partial charge on any atom is 0.217 e. The average molecular weight is 299 g/mol. The first-order chi connectivity index (χ1) is 8.28. The number of aromatic nitrogens is 2. The summed E-state index contributed by atoms with van der Waals surface area (Å²) in [5.41, 5.74) is 0. The van der Waals surface area contributed by atoms with Gasteiger partial charge in [-0.3, -0.25) is 0 Å². The lowest BCUT2D eigenvalue weighted by atomic mass is 10.1. The molecule has 1 aromatic rings. The van der Waals surface area contributed by atoms with Gasteiger partial charge in [-0.2, -0.15) is 4.98 Å². The summed E-state index contributed by atoms with van der Waals surface area (Å²) in [6, 6.07) is 1.86. The van der Waals surface area contributed by atoms with Gasteiger partial charge in [0.1, 0.15) is 10.4 Å². The molecule has 4 heteroatoms. The predicted molar refractivity (Wildman–Crippen MR) is 71.2 cm³/mol. The van der Waals surface area contributed by atoms with Crippen molar-refractivity contribution < 1.29 is 4.74 Å². The number of halogens is 1. The van der Waals surface area contributed by atoms with Gasteiger partial charge in [-0.25, -0.2) is 4.98 Å². The van der Waals surface area contributed by atoms with Gasteiger partial charge in [0.05, 0.1) is 6.61 Å². The summed E-state index contributed by atoms with van der Waals surface area (Å²) in [6.07, 6.45) is 7.26. The van der Waals surface area contributed by atoms with E-state index in [1.807, 2.05) is 6.07 Å². The Balaban J connectivity index is 1.94. The monoisotopic (exact) mass is 298 g/mol. The lowest BCUT2D eigenvalue weighted by molar-refractivity contribution is 0.242. The first-order valence-electron chi connectivity index (χ1n) is 6.44. The summed E-state index contributed by atoms with van der Waals surface area (Å²) in [7, 11) is 0. The first-order valence-corrected chi connectivity index (χ1v) is 7.23. The van der Waals surface area contributed by atoms with Gasteiger partial charge in [-0.1, -0.05) is 19.8 Å². The van der Waals surface area contributed by atoms with Crippen molar-refractivity contribution in [3.05, 3.63) is 16.5 Å². The van der Waals surface area contributed by atoms with Crippen molar-refractivity contribution in [2.75, 3.05) is 6.61 Å². The van der Waals surface area contributed by atoms with E-state index in [0.29, 0.717) is 5.88 Å². The SMILES string of the molecule is CCCc1nc(Br)cc(OCC2CCCC2)n1. The molecule has 94 valence electrons. The van der Waals surface area contributed by atoms with Gasteiger partial charge >= 0.3 is 0 Å². The van der Waals surface area contributed by atoms with E-state index in [4.69, 9.17) is 4.74 Å². The molecule has 0 atom stereocenters. The summed E-state index contributed by atoms with van der Waals surface area (Å²) in [4.78, 5) is 8.75. The fourth-order valence-electron chi connectivity index (χ4n) is 2.23. The van der Waals surface area contributed by atoms with Crippen LogP contribution in [0.4, 0.5) is 0 Å². The van der Waals surface area contributed by atoms with Crippen LogP contribution in [0.25, 0.3) is 0 Å². The number of rotatable bonds is 5. The lowest BCUT2D eigenvalue weighted by Crippen LogP contribution is -2.10. The summed E-state index contributed by atoms with van der Waals surface area (Å²) < 4.78 is 6.59. The van der Waals surface area contributed by atoms with Crippen molar-refractivity contribution in [1.29, 1.82) is 0 Å². The number of nitrogens with zero attached hydrogens (tertiary/aromatic N) is 2. The van der Waals surface area contributed by atoms with E-state index in [0.717, 1.165) is 35.8 Å². The lowest BCUT2D eigenvalue weighted by Gasteiger charge is -2.11. The molecule has 0 N–H and O–H groups in total. The Kier molecular flexibility index (Phi) is 4.77. The van der Waals surface area contributed by atoms with Crippen LogP contribution in [0.1, 0.15) is 44.9 Å². The number of hydrogen-bond donors (Lipinski definition) is 0. The van der Waals surface area contributed by atoms with E-state index in [1.54, 1.807) is 0 Å². The summed E-state index contributed by atoms with van der Waals surface area (Å²) in [6.45, 7) is 2.93. The maximum atomic E-state index is 5.78. The van der Waals surface area contributed by atoms with Crippen molar-refractivity contribution in [2.45, 2.75) is 45.4 Å². The zero-order valence-electron chi connectivity index (χ0n) is 10.3. The van der Waals surface area contributed by atoms with Gasteiger partial charge in [0.15, 0.2) is 0 Å². The molecule has 1 heterocycles. The summed E-state index contributed by atoms with van der Waals surface area (Å²) >= 11 is 3.41. The highest BCUT2D eigenvalue weighted by Crippen LogP contribution is 2.25. The van der Waals surface area contributed by atoms with Crippen LogP contribution in [0, 0.1) is 5.92 Å². The molecule has 0 amide bonds. The van der Waals surface area contributed by atoms with E-state index < -0.39 is 0 Å². The van der Waals surface area contributed by atoms with Gasteiger partial charge in [0.25, 0.3) is 0 Å². The highest BCUT2D eigenvalue weighted by Gasteiger charge is 2.16. The second kappa shape index (κ2) is 6.34. The van der Waals surface area contributed by atoms with Crippen LogP contribution in [0.5, 0.6) is 5.88 Å². The highest BCUT2D eigenvalue weighted by atomic mass is 79.9. The molecule has 0 unspecified atom stereocenters. The Labute approximate surface area is 111 Å². The molecule has 0 bridgehead atoms.